The minimum atomic E-state index is -0.234. The van der Waals surface area contributed by atoms with Gasteiger partial charge in [-0.1, -0.05) is 19.3 Å². The average molecular weight is 261 g/mol. The van der Waals surface area contributed by atoms with Crippen molar-refractivity contribution in [2.24, 2.45) is 12.8 Å². The summed E-state index contributed by atoms with van der Waals surface area (Å²) in [6.45, 7) is 0.618. The van der Waals surface area contributed by atoms with Crippen LogP contribution in [0, 0.1) is 5.82 Å². The first-order valence-electron chi connectivity index (χ1n) is 6.99. The molecule has 3 rings (SSSR count). The molecular formula is C15H20FN3. The summed E-state index contributed by atoms with van der Waals surface area (Å²) in [6.07, 6.45) is 5.86. The van der Waals surface area contributed by atoms with Crippen molar-refractivity contribution in [3.8, 4) is 0 Å². The number of benzene rings is 1. The zero-order valence-electron chi connectivity index (χ0n) is 11.3. The van der Waals surface area contributed by atoms with Gasteiger partial charge >= 0.3 is 0 Å². The maximum atomic E-state index is 13.3. The zero-order chi connectivity index (χ0) is 13.5. The van der Waals surface area contributed by atoms with Gasteiger partial charge in [0, 0.05) is 25.1 Å². The van der Waals surface area contributed by atoms with Gasteiger partial charge in [0.1, 0.15) is 11.6 Å². The highest BCUT2D eigenvalue weighted by Crippen LogP contribution is 2.39. The SMILES string of the molecule is Cn1c(C2(CN)CCCCC2)nc2cc(F)ccc21. The number of imidazole rings is 1. The van der Waals surface area contributed by atoms with Gasteiger partial charge < -0.3 is 10.3 Å². The molecule has 1 aliphatic carbocycles. The molecule has 1 aromatic heterocycles. The number of hydrogen-bond acceptors (Lipinski definition) is 2. The first-order chi connectivity index (χ1) is 9.16. The second-order valence-corrected chi connectivity index (χ2v) is 5.67. The van der Waals surface area contributed by atoms with E-state index in [2.05, 4.69) is 9.55 Å². The number of nitrogens with zero attached hydrogens (tertiary/aromatic N) is 2. The number of halogens is 1. The van der Waals surface area contributed by atoms with Gasteiger partial charge in [-0.15, -0.1) is 0 Å². The molecule has 1 aromatic carbocycles. The van der Waals surface area contributed by atoms with Crippen molar-refractivity contribution in [2.45, 2.75) is 37.5 Å². The van der Waals surface area contributed by atoms with Crippen molar-refractivity contribution in [1.82, 2.24) is 9.55 Å². The van der Waals surface area contributed by atoms with Crippen LogP contribution in [-0.2, 0) is 12.5 Å². The Kier molecular flexibility index (Phi) is 3.05. The largest absolute Gasteiger partial charge is 0.331 e. The van der Waals surface area contributed by atoms with Crippen molar-refractivity contribution in [2.75, 3.05) is 6.54 Å². The highest BCUT2D eigenvalue weighted by atomic mass is 19.1. The van der Waals surface area contributed by atoms with Gasteiger partial charge in [-0.2, -0.15) is 0 Å². The highest BCUT2D eigenvalue weighted by molar-refractivity contribution is 5.76. The highest BCUT2D eigenvalue weighted by Gasteiger charge is 2.36. The van der Waals surface area contributed by atoms with Crippen molar-refractivity contribution < 1.29 is 4.39 Å². The van der Waals surface area contributed by atoms with Crippen LogP contribution in [0.5, 0.6) is 0 Å². The smallest absolute Gasteiger partial charge is 0.125 e. The Balaban J connectivity index is 2.15. The Labute approximate surface area is 112 Å². The summed E-state index contributed by atoms with van der Waals surface area (Å²) < 4.78 is 15.4. The standard InChI is InChI=1S/C15H20FN3/c1-19-13-6-5-11(16)9-12(13)18-14(19)15(10-17)7-3-2-4-8-15/h5-6,9H,2-4,7-8,10,17H2,1H3. The van der Waals surface area contributed by atoms with Crippen LogP contribution >= 0.6 is 0 Å². The first-order valence-corrected chi connectivity index (χ1v) is 6.99. The number of aryl methyl sites for hydroxylation is 1. The Bertz CT molecular complexity index is 597. The molecule has 1 fully saturated rings. The third-order valence-corrected chi connectivity index (χ3v) is 4.52. The van der Waals surface area contributed by atoms with Crippen LogP contribution in [0.2, 0.25) is 0 Å². The van der Waals surface area contributed by atoms with E-state index in [9.17, 15) is 4.39 Å². The molecule has 19 heavy (non-hydrogen) atoms. The summed E-state index contributed by atoms with van der Waals surface area (Å²) in [5.74, 6) is 0.790. The fraction of sp³-hybridized carbons (Fsp3) is 0.533. The predicted octanol–water partition coefficient (Wildman–Crippen LogP) is 2.87. The summed E-state index contributed by atoms with van der Waals surface area (Å²) in [7, 11) is 2.01. The fourth-order valence-corrected chi connectivity index (χ4v) is 3.39. The topological polar surface area (TPSA) is 43.8 Å². The minimum absolute atomic E-state index is 0.0253. The van der Waals surface area contributed by atoms with Crippen molar-refractivity contribution in [1.29, 1.82) is 0 Å². The summed E-state index contributed by atoms with van der Waals surface area (Å²) >= 11 is 0. The summed E-state index contributed by atoms with van der Waals surface area (Å²) in [5, 5.41) is 0. The van der Waals surface area contributed by atoms with Crippen LogP contribution in [0.3, 0.4) is 0 Å². The molecule has 0 unspecified atom stereocenters. The van der Waals surface area contributed by atoms with E-state index in [0.717, 1.165) is 29.7 Å². The molecule has 0 saturated heterocycles. The van der Waals surface area contributed by atoms with Gasteiger partial charge in [-0.05, 0) is 25.0 Å². The monoisotopic (exact) mass is 261 g/mol. The van der Waals surface area contributed by atoms with Crippen molar-refractivity contribution in [3.63, 3.8) is 0 Å². The molecule has 2 aromatic rings. The van der Waals surface area contributed by atoms with Crippen molar-refractivity contribution in [3.05, 3.63) is 29.8 Å². The van der Waals surface area contributed by atoms with Crippen LogP contribution in [0.15, 0.2) is 18.2 Å². The summed E-state index contributed by atoms with van der Waals surface area (Å²) in [5.41, 5.74) is 7.75. The fourth-order valence-electron chi connectivity index (χ4n) is 3.39. The minimum Gasteiger partial charge on any atom is -0.331 e. The average Bonchev–Trinajstić information content (AvgIpc) is 2.77. The zero-order valence-corrected chi connectivity index (χ0v) is 11.3. The van der Waals surface area contributed by atoms with Gasteiger partial charge in [-0.25, -0.2) is 9.37 Å². The Hall–Kier alpha value is -1.42. The number of aromatic nitrogens is 2. The van der Waals surface area contributed by atoms with Gasteiger partial charge in [0.05, 0.1) is 11.0 Å². The van der Waals surface area contributed by atoms with E-state index in [-0.39, 0.29) is 11.2 Å². The molecule has 0 spiro atoms. The van der Waals surface area contributed by atoms with Gasteiger partial charge in [-0.3, -0.25) is 0 Å². The van der Waals surface area contributed by atoms with Gasteiger partial charge in [0.2, 0.25) is 0 Å². The quantitative estimate of drug-likeness (QED) is 0.903. The van der Waals surface area contributed by atoms with Gasteiger partial charge in [0.15, 0.2) is 0 Å². The maximum absolute atomic E-state index is 13.3. The summed E-state index contributed by atoms with van der Waals surface area (Å²) in [4.78, 5) is 4.68. The lowest BCUT2D eigenvalue weighted by atomic mass is 9.73. The van der Waals surface area contributed by atoms with E-state index in [4.69, 9.17) is 5.73 Å². The number of rotatable bonds is 2. The Morgan fingerprint density at radius 2 is 2.05 bits per heavy atom. The van der Waals surface area contributed by atoms with E-state index < -0.39 is 0 Å². The van der Waals surface area contributed by atoms with Gasteiger partial charge in [0.25, 0.3) is 0 Å². The molecule has 0 atom stereocenters. The van der Waals surface area contributed by atoms with E-state index in [1.165, 1.54) is 31.4 Å². The van der Waals surface area contributed by atoms with E-state index in [1.807, 2.05) is 7.05 Å². The normalized spacial score (nSPS) is 18.9. The van der Waals surface area contributed by atoms with Crippen LogP contribution in [-0.4, -0.2) is 16.1 Å². The molecule has 3 nitrogen and oxygen atoms in total. The van der Waals surface area contributed by atoms with Crippen LogP contribution < -0.4 is 5.73 Å². The second kappa shape index (κ2) is 4.60. The lowest BCUT2D eigenvalue weighted by molar-refractivity contribution is 0.281. The lowest BCUT2D eigenvalue weighted by Gasteiger charge is -2.35. The first kappa shape index (κ1) is 12.6. The third kappa shape index (κ3) is 1.94. The van der Waals surface area contributed by atoms with Crippen LogP contribution in [0.25, 0.3) is 11.0 Å². The number of hydrogen-bond donors (Lipinski definition) is 1. The Morgan fingerprint density at radius 1 is 1.32 bits per heavy atom. The predicted molar refractivity (Wildman–Crippen MR) is 74.5 cm³/mol. The van der Waals surface area contributed by atoms with Crippen LogP contribution in [0.1, 0.15) is 37.9 Å². The van der Waals surface area contributed by atoms with E-state index >= 15 is 0 Å². The molecule has 4 heteroatoms. The molecule has 0 radical (unpaired) electrons. The molecule has 1 aliphatic rings. The second-order valence-electron chi connectivity index (χ2n) is 5.67. The molecular weight excluding hydrogens is 241 g/mol. The van der Waals surface area contributed by atoms with E-state index in [1.54, 1.807) is 6.07 Å². The molecule has 1 heterocycles. The van der Waals surface area contributed by atoms with Crippen LogP contribution in [0.4, 0.5) is 4.39 Å². The molecule has 102 valence electrons. The molecule has 0 amide bonds. The molecule has 1 saturated carbocycles. The third-order valence-electron chi connectivity index (χ3n) is 4.52. The number of fused-ring (bicyclic) bond motifs is 1. The lowest BCUT2D eigenvalue weighted by Crippen LogP contribution is -2.39. The molecule has 2 N–H and O–H groups in total. The Morgan fingerprint density at radius 3 is 2.74 bits per heavy atom. The number of nitrogens with two attached hydrogens (primary N) is 1. The molecule has 0 aliphatic heterocycles. The van der Waals surface area contributed by atoms with Crippen molar-refractivity contribution >= 4 is 11.0 Å². The molecule has 0 bridgehead atoms. The maximum Gasteiger partial charge on any atom is 0.125 e. The summed E-state index contributed by atoms with van der Waals surface area (Å²) in [6, 6.07) is 4.80. The van der Waals surface area contributed by atoms with E-state index in [0.29, 0.717) is 6.54 Å².